The molecule has 6 heteroatoms. The Hall–Kier alpha value is -2.73. The quantitative estimate of drug-likeness (QED) is 0.641. The molecule has 0 saturated carbocycles. The summed E-state index contributed by atoms with van der Waals surface area (Å²) in [6, 6.07) is 10.6. The first-order valence-corrected chi connectivity index (χ1v) is 12.1. The summed E-state index contributed by atoms with van der Waals surface area (Å²) >= 11 is 1.85. The van der Waals surface area contributed by atoms with Crippen molar-refractivity contribution < 1.29 is 4.79 Å². The molecule has 1 aromatic carbocycles. The molecule has 0 atom stereocenters. The molecule has 5 nitrogen and oxygen atoms in total. The van der Waals surface area contributed by atoms with E-state index >= 15 is 0 Å². The third-order valence-electron chi connectivity index (χ3n) is 6.24. The van der Waals surface area contributed by atoms with E-state index in [1.807, 2.05) is 35.6 Å². The third kappa shape index (κ3) is 4.35. The van der Waals surface area contributed by atoms with Gasteiger partial charge in [0.05, 0.1) is 5.39 Å². The van der Waals surface area contributed by atoms with E-state index in [1.54, 1.807) is 6.92 Å². The number of hydrogen-bond acceptors (Lipinski definition) is 5. The summed E-state index contributed by atoms with van der Waals surface area (Å²) in [5.74, 6) is 1.91. The van der Waals surface area contributed by atoms with E-state index in [1.165, 1.54) is 28.7 Å². The lowest BCUT2D eigenvalue weighted by molar-refractivity contribution is -0.119. The Morgan fingerprint density at radius 3 is 2.65 bits per heavy atom. The van der Waals surface area contributed by atoms with Crippen LogP contribution in [0.1, 0.15) is 54.4 Å². The topological polar surface area (TPSA) is 58.1 Å². The molecule has 2 aromatic heterocycles. The SMILES string of the molecule is CC(=O)NC1CCN(c2nc(/C=C/c3ccccc3)nc3sc4c(c23)CCCC4)CC1. The van der Waals surface area contributed by atoms with E-state index in [2.05, 4.69) is 28.4 Å². The molecule has 0 radical (unpaired) electrons. The molecule has 3 aromatic rings. The fraction of sp³-hybridized carbons (Fsp3) is 0.400. The van der Waals surface area contributed by atoms with Gasteiger partial charge in [-0.1, -0.05) is 36.4 Å². The minimum Gasteiger partial charge on any atom is -0.356 e. The molecule has 1 saturated heterocycles. The van der Waals surface area contributed by atoms with Crippen LogP contribution in [-0.2, 0) is 17.6 Å². The molecule has 1 N–H and O–H groups in total. The van der Waals surface area contributed by atoms with E-state index in [4.69, 9.17) is 9.97 Å². The van der Waals surface area contributed by atoms with Gasteiger partial charge in [0.1, 0.15) is 10.6 Å². The molecule has 3 heterocycles. The molecule has 1 fully saturated rings. The smallest absolute Gasteiger partial charge is 0.217 e. The van der Waals surface area contributed by atoms with Gasteiger partial charge in [-0.05, 0) is 55.7 Å². The highest BCUT2D eigenvalue weighted by Crippen LogP contribution is 2.40. The number of aromatic nitrogens is 2. The van der Waals surface area contributed by atoms with Crippen LogP contribution >= 0.6 is 11.3 Å². The number of rotatable bonds is 4. The summed E-state index contributed by atoms with van der Waals surface area (Å²) in [5.41, 5.74) is 2.62. The number of thiophene rings is 1. The monoisotopic (exact) mass is 432 g/mol. The number of anilines is 1. The van der Waals surface area contributed by atoms with Crippen molar-refractivity contribution in [2.24, 2.45) is 0 Å². The Morgan fingerprint density at radius 2 is 1.87 bits per heavy atom. The first-order chi connectivity index (χ1) is 15.2. The zero-order valence-corrected chi connectivity index (χ0v) is 18.8. The van der Waals surface area contributed by atoms with Gasteiger partial charge in [0.2, 0.25) is 5.91 Å². The molecule has 0 bridgehead atoms. The standard InChI is InChI=1S/C25H28N4OS/c1-17(30)26-19-13-15-29(16-14-19)24-23-20-9-5-6-10-21(20)31-25(23)28-22(27-24)12-11-18-7-3-2-4-8-18/h2-4,7-8,11-12,19H,5-6,9-10,13-16H2,1H3,(H,26,30)/b12-11+. The predicted octanol–water partition coefficient (Wildman–Crippen LogP) is 4.85. The van der Waals surface area contributed by atoms with Gasteiger partial charge in [0.25, 0.3) is 0 Å². The zero-order valence-electron chi connectivity index (χ0n) is 17.9. The Bertz CT molecular complexity index is 1110. The predicted molar refractivity (Wildman–Crippen MR) is 128 cm³/mol. The van der Waals surface area contributed by atoms with Crippen molar-refractivity contribution in [1.82, 2.24) is 15.3 Å². The molecule has 0 unspecified atom stereocenters. The van der Waals surface area contributed by atoms with Crippen LogP contribution in [0.25, 0.3) is 22.4 Å². The van der Waals surface area contributed by atoms with E-state index in [0.29, 0.717) is 0 Å². The first kappa shape index (κ1) is 20.2. The lowest BCUT2D eigenvalue weighted by Crippen LogP contribution is -2.44. The average molecular weight is 433 g/mol. The lowest BCUT2D eigenvalue weighted by atomic mass is 9.96. The normalized spacial score (nSPS) is 17.3. The van der Waals surface area contributed by atoms with Gasteiger partial charge in [-0.2, -0.15) is 0 Å². The molecule has 31 heavy (non-hydrogen) atoms. The summed E-state index contributed by atoms with van der Waals surface area (Å²) in [6.45, 7) is 3.41. The van der Waals surface area contributed by atoms with Crippen LogP contribution in [-0.4, -0.2) is 35.0 Å². The fourth-order valence-electron chi connectivity index (χ4n) is 4.72. The number of fused-ring (bicyclic) bond motifs is 3. The Labute approximate surface area is 187 Å². The first-order valence-electron chi connectivity index (χ1n) is 11.2. The molecule has 1 aliphatic carbocycles. The van der Waals surface area contributed by atoms with E-state index in [-0.39, 0.29) is 11.9 Å². The van der Waals surface area contributed by atoms with Crippen molar-refractivity contribution in [2.75, 3.05) is 18.0 Å². The summed E-state index contributed by atoms with van der Waals surface area (Å²) in [6.07, 6.45) is 10.8. The second-order valence-corrected chi connectivity index (χ2v) is 9.59. The highest BCUT2D eigenvalue weighted by molar-refractivity contribution is 7.19. The Kier molecular flexibility index (Phi) is 5.72. The summed E-state index contributed by atoms with van der Waals surface area (Å²) in [4.78, 5) is 26.5. The number of nitrogens with zero attached hydrogens (tertiary/aromatic N) is 3. The number of carbonyl (C=O) groups excluding carboxylic acids is 1. The van der Waals surface area contributed by atoms with Gasteiger partial charge in [-0.15, -0.1) is 11.3 Å². The minimum absolute atomic E-state index is 0.0584. The highest BCUT2D eigenvalue weighted by atomic mass is 32.1. The van der Waals surface area contributed by atoms with Gasteiger partial charge >= 0.3 is 0 Å². The van der Waals surface area contributed by atoms with E-state index in [9.17, 15) is 4.79 Å². The van der Waals surface area contributed by atoms with Crippen LogP contribution in [0.4, 0.5) is 5.82 Å². The maximum Gasteiger partial charge on any atom is 0.217 e. The minimum atomic E-state index is 0.0584. The Balaban J connectivity index is 1.51. The fourth-order valence-corrected chi connectivity index (χ4v) is 5.98. The number of benzene rings is 1. The number of nitrogens with one attached hydrogen (secondary N) is 1. The van der Waals surface area contributed by atoms with Gasteiger partial charge in [-0.3, -0.25) is 4.79 Å². The maximum atomic E-state index is 11.4. The van der Waals surface area contributed by atoms with Crippen LogP contribution in [0.5, 0.6) is 0 Å². The van der Waals surface area contributed by atoms with Crippen LogP contribution in [0.15, 0.2) is 30.3 Å². The van der Waals surface area contributed by atoms with Crippen molar-refractivity contribution in [3.63, 3.8) is 0 Å². The van der Waals surface area contributed by atoms with Crippen LogP contribution in [0, 0.1) is 0 Å². The van der Waals surface area contributed by atoms with Gasteiger partial charge in [0.15, 0.2) is 5.82 Å². The number of aryl methyl sites for hydroxylation is 2. The van der Waals surface area contributed by atoms with Crippen molar-refractivity contribution in [1.29, 1.82) is 0 Å². The largest absolute Gasteiger partial charge is 0.356 e. The second-order valence-electron chi connectivity index (χ2n) is 8.50. The van der Waals surface area contributed by atoms with Gasteiger partial charge in [0, 0.05) is 30.9 Å². The average Bonchev–Trinajstić information content (AvgIpc) is 3.16. The van der Waals surface area contributed by atoms with Crippen LogP contribution in [0.3, 0.4) is 0 Å². The molecule has 160 valence electrons. The van der Waals surface area contributed by atoms with Crippen molar-refractivity contribution >= 4 is 45.4 Å². The van der Waals surface area contributed by atoms with E-state index in [0.717, 1.165) is 60.8 Å². The summed E-state index contributed by atoms with van der Waals surface area (Å²) in [7, 11) is 0. The molecule has 1 amide bonds. The van der Waals surface area contributed by atoms with Crippen molar-refractivity contribution in [3.8, 4) is 0 Å². The summed E-state index contributed by atoms with van der Waals surface area (Å²) < 4.78 is 0. The maximum absolute atomic E-state index is 11.4. The highest BCUT2D eigenvalue weighted by Gasteiger charge is 2.26. The summed E-state index contributed by atoms with van der Waals surface area (Å²) in [5, 5.41) is 4.35. The molecule has 2 aliphatic rings. The molecular formula is C25H28N4OS. The molecular weight excluding hydrogens is 404 g/mol. The number of amides is 1. The number of hydrogen-bond donors (Lipinski definition) is 1. The van der Waals surface area contributed by atoms with Crippen LogP contribution in [0.2, 0.25) is 0 Å². The van der Waals surface area contributed by atoms with Crippen molar-refractivity contribution in [2.45, 2.75) is 51.5 Å². The van der Waals surface area contributed by atoms with Gasteiger partial charge < -0.3 is 10.2 Å². The van der Waals surface area contributed by atoms with Crippen molar-refractivity contribution in [3.05, 3.63) is 52.2 Å². The zero-order chi connectivity index (χ0) is 21.2. The Morgan fingerprint density at radius 1 is 1.10 bits per heavy atom. The van der Waals surface area contributed by atoms with Gasteiger partial charge in [-0.25, -0.2) is 9.97 Å². The number of carbonyl (C=O) groups is 1. The lowest BCUT2D eigenvalue weighted by Gasteiger charge is -2.33. The van der Waals surface area contributed by atoms with E-state index < -0.39 is 0 Å². The number of piperidine rings is 1. The van der Waals surface area contributed by atoms with Crippen LogP contribution < -0.4 is 10.2 Å². The molecule has 5 rings (SSSR count). The molecule has 0 spiro atoms. The molecule has 1 aliphatic heterocycles. The second kappa shape index (κ2) is 8.79. The third-order valence-corrected chi connectivity index (χ3v) is 7.42.